The second-order valence-corrected chi connectivity index (χ2v) is 3.65. The van der Waals surface area contributed by atoms with Gasteiger partial charge in [-0.3, -0.25) is 0 Å². The van der Waals surface area contributed by atoms with Crippen LogP contribution in [0.15, 0.2) is 33.9 Å². The highest BCUT2D eigenvalue weighted by molar-refractivity contribution is 9.11. The topological polar surface area (TPSA) is 0 Å². The van der Waals surface area contributed by atoms with Crippen molar-refractivity contribution in [1.82, 2.24) is 0 Å². The highest BCUT2D eigenvalue weighted by atomic mass is 79.9. The molecule has 0 amide bonds. The average molecular weight is 197 g/mol. The molecule has 52 valence electrons. The van der Waals surface area contributed by atoms with Crippen LogP contribution in [-0.4, -0.2) is 0 Å². The number of halogens is 1. The fraction of sp³-hybridized carbons (Fsp3) is 0.333. The molecule has 0 radical (unpaired) electrons. The summed E-state index contributed by atoms with van der Waals surface area (Å²) in [6.45, 7) is 0. The summed E-state index contributed by atoms with van der Waals surface area (Å²) >= 11 is 3.48. The number of hydrogen-bond acceptors (Lipinski definition) is 0. The van der Waals surface area contributed by atoms with Crippen LogP contribution >= 0.6 is 15.9 Å². The molecule has 2 aliphatic carbocycles. The molecule has 0 unspecified atom stereocenters. The first-order valence-electron chi connectivity index (χ1n) is 3.62. The van der Waals surface area contributed by atoms with Crippen molar-refractivity contribution in [3.63, 3.8) is 0 Å². The molecule has 1 heteroatoms. The van der Waals surface area contributed by atoms with Gasteiger partial charge >= 0.3 is 0 Å². The Morgan fingerprint density at radius 1 is 1.20 bits per heavy atom. The Hall–Kier alpha value is -0.300. The molecule has 0 bridgehead atoms. The van der Waals surface area contributed by atoms with Gasteiger partial charge in [0.2, 0.25) is 0 Å². The van der Waals surface area contributed by atoms with Gasteiger partial charge in [-0.1, -0.05) is 28.1 Å². The summed E-state index contributed by atoms with van der Waals surface area (Å²) in [6.07, 6.45) is 10.4. The van der Waals surface area contributed by atoms with Crippen molar-refractivity contribution in [2.75, 3.05) is 0 Å². The van der Waals surface area contributed by atoms with Gasteiger partial charge in [-0.05, 0) is 36.5 Å². The second-order valence-electron chi connectivity index (χ2n) is 2.73. The molecule has 2 rings (SSSR count). The summed E-state index contributed by atoms with van der Waals surface area (Å²) in [6, 6.07) is 0. The first-order valence-corrected chi connectivity index (χ1v) is 4.41. The molecule has 0 N–H and O–H groups in total. The molecular formula is C9H9Br. The van der Waals surface area contributed by atoms with Crippen molar-refractivity contribution < 1.29 is 0 Å². The lowest BCUT2D eigenvalue weighted by atomic mass is 10.0. The molecule has 0 aromatic rings. The highest BCUT2D eigenvalue weighted by Gasteiger charge is 2.13. The van der Waals surface area contributed by atoms with E-state index in [1.807, 2.05) is 0 Å². The quantitative estimate of drug-likeness (QED) is 0.558. The molecule has 0 spiro atoms. The summed E-state index contributed by atoms with van der Waals surface area (Å²) in [7, 11) is 0. The van der Waals surface area contributed by atoms with Crippen molar-refractivity contribution in [3.05, 3.63) is 33.9 Å². The first-order chi connectivity index (χ1) is 4.86. The summed E-state index contributed by atoms with van der Waals surface area (Å²) < 4.78 is 1.25. The summed E-state index contributed by atoms with van der Waals surface area (Å²) in [5, 5.41) is 0. The average Bonchev–Trinajstić information content (AvgIpc) is 2.33. The first kappa shape index (κ1) is 6.41. The monoisotopic (exact) mass is 196 g/mol. The smallest absolute Gasteiger partial charge is 0.0141 e. The van der Waals surface area contributed by atoms with Gasteiger partial charge in [0.1, 0.15) is 0 Å². The van der Waals surface area contributed by atoms with Gasteiger partial charge < -0.3 is 0 Å². The minimum Gasteiger partial charge on any atom is -0.0804 e. The lowest BCUT2D eigenvalue weighted by molar-refractivity contribution is 1.05. The maximum absolute atomic E-state index is 3.48. The molecule has 0 saturated carbocycles. The Labute approximate surface area is 69.4 Å². The molecule has 0 atom stereocenters. The van der Waals surface area contributed by atoms with Crippen LogP contribution in [0.3, 0.4) is 0 Å². The lowest BCUT2D eigenvalue weighted by Crippen LogP contribution is -1.87. The van der Waals surface area contributed by atoms with Crippen LogP contribution in [0.2, 0.25) is 0 Å². The van der Waals surface area contributed by atoms with Crippen LogP contribution in [-0.2, 0) is 0 Å². The van der Waals surface area contributed by atoms with Crippen LogP contribution in [0, 0.1) is 0 Å². The molecule has 0 saturated heterocycles. The SMILES string of the molecule is BrC1=CCC2=CCCC2=C1. The molecule has 2 aliphatic rings. The van der Waals surface area contributed by atoms with E-state index in [4.69, 9.17) is 0 Å². The van der Waals surface area contributed by atoms with Crippen LogP contribution in [0.4, 0.5) is 0 Å². The Morgan fingerprint density at radius 2 is 2.10 bits per heavy atom. The van der Waals surface area contributed by atoms with Crippen LogP contribution < -0.4 is 0 Å². The highest BCUT2D eigenvalue weighted by Crippen LogP contribution is 2.33. The van der Waals surface area contributed by atoms with E-state index < -0.39 is 0 Å². The Kier molecular flexibility index (Phi) is 1.53. The van der Waals surface area contributed by atoms with E-state index in [1.165, 1.54) is 22.9 Å². The van der Waals surface area contributed by atoms with Crippen molar-refractivity contribution in [2.45, 2.75) is 19.3 Å². The minimum atomic E-state index is 1.13. The van der Waals surface area contributed by atoms with Gasteiger partial charge in [0.25, 0.3) is 0 Å². The van der Waals surface area contributed by atoms with Crippen molar-refractivity contribution in [2.24, 2.45) is 0 Å². The van der Waals surface area contributed by atoms with Crippen LogP contribution in [0.5, 0.6) is 0 Å². The summed E-state index contributed by atoms with van der Waals surface area (Å²) in [5.74, 6) is 0. The van der Waals surface area contributed by atoms with E-state index in [2.05, 4.69) is 34.2 Å². The normalized spacial score (nSPS) is 23.1. The van der Waals surface area contributed by atoms with Crippen molar-refractivity contribution in [3.8, 4) is 0 Å². The van der Waals surface area contributed by atoms with Gasteiger partial charge in [0.15, 0.2) is 0 Å². The molecule has 10 heavy (non-hydrogen) atoms. The zero-order valence-corrected chi connectivity index (χ0v) is 7.32. The van der Waals surface area contributed by atoms with Gasteiger partial charge in [0, 0.05) is 4.48 Å². The van der Waals surface area contributed by atoms with E-state index in [1.54, 1.807) is 5.57 Å². The van der Waals surface area contributed by atoms with Gasteiger partial charge in [-0.25, -0.2) is 0 Å². The minimum absolute atomic E-state index is 1.13. The van der Waals surface area contributed by atoms with E-state index in [-0.39, 0.29) is 0 Å². The zero-order chi connectivity index (χ0) is 6.97. The van der Waals surface area contributed by atoms with Gasteiger partial charge in [-0.2, -0.15) is 0 Å². The maximum Gasteiger partial charge on any atom is 0.0141 e. The van der Waals surface area contributed by atoms with E-state index >= 15 is 0 Å². The summed E-state index contributed by atoms with van der Waals surface area (Å²) in [5.41, 5.74) is 3.08. The second kappa shape index (κ2) is 2.39. The summed E-state index contributed by atoms with van der Waals surface area (Å²) in [4.78, 5) is 0. The van der Waals surface area contributed by atoms with E-state index in [0.29, 0.717) is 0 Å². The predicted octanol–water partition coefficient (Wildman–Crippen LogP) is 3.32. The molecule has 0 fully saturated rings. The largest absolute Gasteiger partial charge is 0.0804 e. The number of hydrogen-bond donors (Lipinski definition) is 0. The predicted molar refractivity (Wildman–Crippen MR) is 47.0 cm³/mol. The molecule has 0 aromatic carbocycles. The van der Waals surface area contributed by atoms with E-state index in [0.717, 1.165) is 6.42 Å². The van der Waals surface area contributed by atoms with Crippen molar-refractivity contribution >= 4 is 15.9 Å². The van der Waals surface area contributed by atoms with E-state index in [9.17, 15) is 0 Å². The third kappa shape index (κ3) is 0.988. The van der Waals surface area contributed by atoms with Gasteiger partial charge in [-0.15, -0.1) is 0 Å². The molecule has 0 aliphatic heterocycles. The lowest BCUT2D eigenvalue weighted by Gasteiger charge is -2.07. The van der Waals surface area contributed by atoms with Crippen molar-refractivity contribution in [1.29, 1.82) is 0 Å². The number of allylic oxidation sites excluding steroid dienone is 6. The van der Waals surface area contributed by atoms with Gasteiger partial charge in [0.05, 0.1) is 0 Å². The molecule has 0 aromatic heterocycles. The fourth-order valence-electron chi connectivity index (χ4n) is 1.51. The number of rotatable bonds is 0. The maximum atomic E-state index is 3.48. The van der Waals surface area contributed by atoms with Crippen LogP contribution in [0.25, 0.3) is 0 Å². The number of fused-ring (bicyclic) bond motifs is 1. The third-order valence-corrected chi connectivity index (χ3v) is 2.60. The zero-order valence-electron chi connectivity index (χ0n) is 5.73. The Morgan fingerprint density at radius 3 is 3.00 bits per heavy atom. The van der Waals surface area contributed by atoms with Crippen LogP contribution in [0.1, 0.15) is 19.3 Å². The Balaban J connectivity index is 2.36. The Bertz CT molecular complexity index is 243. The third-order valence-electron chi connectivity index (χ3n) is 2.05. The standard InChI is InChI=1S/C9H9Br/c10-9-5-4-7-2-1-3-8(7)6-9/h2,5-6H,1,3-4H2. The molecule has 0 heterocycles. The fourth-order valence-corrected chi connectivity index (χ4v) is 1.94. The molecular weight excluding hydrogens is 188 g/mol. The molecule has 0 nitrogen and oxygen atoms in total.